The lowest BCUT2D eigenvalue weighted by atomic mass is 10.2. The lowest BCUT2D eigenvalue weighted by Crippen LogP contribution is -2.33. The first-order valence-electron chi connectivity index (χ1n) is 7.48. The van der Waals surface area contributed by atoms with Gasteiger partial charge in [-0.3, -0.25) is 0 Å². The summed E-state index contributed by atoms with van der Waals surface area (Å²) in [5, 5.41) is 1.30. The fourth-order valence-electron chi connectivity index (χ4n) is 2.55. The second-order valence-corrected chi connectivity index (χ2v) is 6.33. The van der Waals surface area contributed by atoms with E-state index in [1.54, 1.807) is 6.07 Å². The number of hydrogen-bond acceptors (Lipinski definition) is 2. The van der Waals surface area contributed by atoms with Crippen molar-refractivity contribution in [1.82, 2.24) is 4.98 Å². The molecule has 0 unspecified atom stereocenters. The van der Waals surface area contributed by atoms with E-state index >= 15 is 0 Å². The topological polar surface area (TPSA) is 29.9 Å². The number of benzene rings is 2. The van der Waals surface area contributed by atoms with Crippen molar-refractivity contribution in [3.63, 3.8) is 0 Å². The molecule has 0 fully saturated rings. The minimum atomic E-state index is 0.618. The molecule has 0 N–H and O–H groups in total. The Kier molecular flexibility index (Phi) is 3.97. The highest BCUT2D eigenvalue weighted by molar-refractivity contribution is 6.35. The Labute approximate surface area is 149 Å². The van der Waals surface area contributed by atoms with Crippen LogP contribution in [0, 0.1) is 0 Å². The molecule has 3 nitrogen and oxygen atoms in total. The van der Waals surface area contributed by atoms with Gasteiger partial charge in [0, 0.05) is 28.3 Å². The number of rotatable bonds is 3. The Balaban J connectivity index is 1.60. The number of nitrogens with zero attached hydrogens (tertiary/aromatic N) is 2. The molecular weight excluding hydrogens is 343 g/mol. The molecule has 0 bridgehead atoms. The maximum Gasteiger partial charge on any atom is 0.227 e. The van der Waals surface area contributed by atoms with Gasteiger partial charge < -0.3 is 4.42 Å². The summed E-state index contributed by atoms with van der Waals surface area (Å²) in [7, 11) is 0. The van der Waals surface area contributed by atoms with Crippen LogP contribution in [0.4, 0.5) is 0 Å². The predicted octanol–water partition coefficient (Wildman–Crippen LogP) is 5.14. The number of pyridine rings is 1. The molecule has 4 rings (SSSR count). The Morgan fingerprint density at radius 2 is 1.75 bits per heavy atom. The summed E-state index contributed by atoms with van der Waals surface area (Å²) in [4.78, 5) is 4.51. The van der Waals surface area contributed by atoms with Crippen LogP contribution in [0.3, 0.4) is 0 Å². The third-order valence-electron chi connectivity index (χ3n) is 3.80. The van der Waals surface area contributed by atoms with Crippen LogP contribution in [0.1, 0.15) is 5.56 Å². The van der Waals surface area contributed by atoms with Crippen molar-refractivity contribution < 1.29 is 8.98 Å². The number of aromatic nitrogens is 2. The largest absolute Gasteiger partial charge is 0.436 e. The zero-order chi connectivity index (χ0) is 16.5. The molecule has 2 heterocycles. The van der Waals surface area contributed by atoms with Crippen molar-refractivity contribution in [2.45, 2.75) is 6.54 Å². The summed E-state index contributed by atoms with van der Waals surface area (Å²) in [5.74, 6) is 0.618. The number of halogens is 2. The van der Waals surface area contributed by atoms with Crippen LogP contribution in [0.25, 0.3) is 22.6 Å². The average Bonchev–Trinajstić information content (AvgIpc) is 3.02. The lowest BCUT2D eigenvalue weighted by Gasteiger charge is -2.02. The second-order valence-electron chi connectivity index (χ2n) is 5.48. The van der Waals surface area contributed by atoms with E-state index in [-0.39, 0.29) is 0 Å². The van der Waals surface area contributed by atoms with Gasteiger partial charge in [0.05, 0.1) is 5.02 Å². The molecule has 0 saturated heterocycles. The Morgan fingerprint density at radius 1 is 0.958 bits per heavy atom. The normalized spacial score (nSPS) is 11.1. The van der Waals surface area contributed by atoms with Crippen molar-refractivity contribution in [2.75, 3.05) is 0 Å². The van der Waals surface area contributed by atoms with E-state index < -0.39 is 0 Å². The number of oxazole rings is 1. The zero-order valence-electron chi connectivity index (χ0n) is 12.6. The first kappa shape index (κ1) is 15.2. The SMILES string of the molecule is Clc1ccc(C[n+]2ccc(-c3nc4ccccc4o3)cc2)c(Cl)c1. The summed E-state index contributed by atoms with van der Waals surface area (Å²) in [6.07, 6.45) is 3.96. The molecule has 0 aliphatic carbocycles. The molecular formula is C19H13Cl2N2O+. The van der Waals surface area contributed by atoms with Crippen LogP contribution >= 0.6 is 23.2 Å². The maximum atomic E-state index is 6.23. The molecule has 0 amide bonds. The molecule has 0 aliphatic rings. The number of para-hydroxylation sites is 2. The van der Waals surface area contributed by atoms with Crippen LogP contribution in [0.5, 0.6) is 0 Å². The standard InChI is InChI=1S/C19H13Cl2N2O/c20-15-6-5-14(16(21)11-15)12-23-9-7-13(8-10-23)19-22-17-3-1-2-4-18(17)24-19/h1-11H,12H2/q+1. The Hall–Kier alpha value is -2.36. The van der Waals surface area contributed by atoms with Gasteiger partial charge in [0.1, 0.15) is 5.52 Å². The second kappa shape index (κ2) is 6.27. The van der Waals surface area contributed by atoms with E-state index in [9.17, 15) is 0 Å². The number of hydrogen-bond donors (Lipinski definition) is 0. The molecule has 5 heteroatoms. The fraction of sp³-hybridized carbons (Fsp3) is 0.0526. The van der Waals surface area contributed by atoms with E-state index in [1.807, 2.05) is 65.5 Å². The van der Waals surface area contributed by atoms with Crippen LogP contribution < -0.4 is 4.57 Å². The summed E-state index contributed by atoms with van der Waals surface area (Å²) in [5.41, 5.74) is 3.60. The summed E-state index contributed by atoms with van der Waals surface area (Å²) < 4.78 is 7.83. The van der Waals surface area contributed by atoms with E-state index in [2.05, 4.69) is 4.98 Å². The molecule has 0 atom stereocenters. The highest BCUT2D eigenvalue weighted by Gasteiger charge is 2.11. The van der Waals surface area contributed by atoms with Gasteiger partial charge in [-0.1, -0.05) is 35.3 Å². The first-order valence-corrected chi connectivity index (χ1v) is 8.23. The lowest BCUT2D eigenvalue weighted by molar-refractivity contribution is -0.688. The monoisotopic (exact) mass is 355 g/mol. The van der Waals surface area contributed by atoms with Gasteiger partial charge in [0.25, 0.3) is 0 Å². The van der Waals surface area contributed by atoms with Crippen molar-refractivity contribution in [3.05, 3.63) is 82.6 Å². The van der Waals surface area contributed by atoms with Gasteiger partial charge in [-0.2, -0.15) is 0 Å². The Bertz CT molecular complexity index is 976. The maximum absolute atomic E-state index is 6.23. The van der Waals surface area contributed by atoms with Crippen molar-refractivity contribution in [3.8, 4) is 11.5 Å². The van der Waals surface area contributed by atoms with Gasteiger partial charge in [0.2, 0.25) is 5.89 Å². The fourth-order valence-corrected chi connectivity index (χ4v) is 3.02. The quantitative estimate of drug-likeness (QED) is 0.476. The van der Waals surface area contributed by atoms with Crippen molar-refractivity contribution >= 4 is 34.3 Å². The van der Waals surface area contributed by atoms with Crippen LogP contribution in [0.15, 0.2) is 71.4 Å². The summed E-state index contributed by atoms with van der Waals surface area (Å²) in [6.45, 7) is 0.670. The van der Waals surface area contributed by atoms with Gasteiger partial charge in [-0.05, 0) is 30.3 Å². The highest BCUT2D eigenvalue weighted by Crippen LogP contribution is 2.23. The van der Waals surface area contributed by atoms with Crippen LogP contribution in [0.2, 0.25) is 10.0 Å². The third-order valence-corrected chi connectivity index (χ3v) is 4.39. The first-order chi connectivity index (χ1) is 11.7. The summed E-state index contributed by atoms with van der Waals surface area (Å²) >= 11 is 12.2. The molecule has 118 valence electrons. The zero-order valence-corrected chi connectivity index (χ0v) is 14.1. The minimum Gasteiger partial charge on any atom is -0.436 e. The molecule has 2 aromatic carbocycles. The predicted molar refractivity (Wildman–Crippen MR) is 95.2 cm³/mol. The van der Waals surface area contributed by atoms with Crippen LogP contribution in [-0.2, 0) is 6.54 Å². The molecule has 0 radical (unpaired) electrons. The average molecular weight is 356 g/mol. The van der Waals surface area contributed by atoms with E-state index in [4.69, 9.17) is 27.6 Å². The molecule has 24 heavy (non-hydrogen) atoms. The van der Waals surface area contributed by atoms with E-state index in [0.29, 0.717) is 22.5 Å². The van der Waals surface area contributed by atoms with E-state index in [1.165, 1.54) is 0 Å². The molecule has 2 aromatic heterocycles. The number of fused-ring (bicyclic) bond motifs is 1. The van der Waals surface area contributed by atoms with E-state index in [0.717, 1.165) is 22.2 Å². The smallest absolute Gasteiger partial charge is 0.227 e. The van der Waals surface area contributed by atoms with Crippen LogP contribution in [-0.4, -0.2) is 4.98 Å². The molecule has 0 spiro atoms. The van der Waals surface area contributed by atoms with Gasteiger partial charge in [-0.25, -0.2) is 9.55 Å². The third kappa shape index (κ3) is 3.01. The van der Waals surface area contributed by atoms with Crippen molar-refractivity contribution in [2.24, 2.45) is 0 Å². The summed E-state index contributed by atoms with van der Waals surface area (Å²) in [6, 6.07) is 17.2. The van der Waals surface area contributed by atoms with Gasteiger partial charge in [0.15, 0.2) is 24.5 Å². The highest BCUT2D eigenvalue weighted by atomic mass is 35.5. The van der Waals surface area contributed by atoms with Crippen molar-refractivity contribution in [1.29, 1.82) is 0 Å². The molecule has 0 aliphatic heterocycles. The minimum absolute atomic E-state index is 0.618. The Morgan fingerprint density at radius 3 is 2.50 bits per heavy atom. The molecule has 0 saturated carbocycles. The van der Waals surface area contributed by atoms with Gasteiger partial charge >= 0.3 is 0 Å². The van der Waals surface area contributed by atoms with Gasteiger partial charge in [-0.15, -0.1) is 0 Å². The molecule has 4 aromatic rings.